The number of ether oxygens (including phenoxy) is 2. The minimum atomic E-state index is -0.614. The molecule has 0 saturated carbocycles. The first-order valence-corrected chi connectivity index (χ1v) is 11.2. The van der Waals surface area contributed by atoms with Crippen LogP contribution in [0.1, 0.15) is 21.7 Å². The Morgan fingerprint density at radius 3 is 2.80 bits per heavy atom. The lowest BCUT2D eigenvalue weighted by Gasteiger charge is -2.13. The van der Waals surface area contributed by atoms with Crippen molar-refractivity contribution in [3.63, 3.8) is 0 Å². The summed E-state index contributed by atoms with van der Waals surface area (Å²) in [6.07, 6.45) is 1.42. The van der Waals surface area contributed by atoms with Gasteiger partial charge in [-0.2, -0.15) is 5.10 Å². The number of amides is 1. The third-order valence-electron chi connectivity index (χ3n) is 4.84. The molecule has 11 heteroatoms. The van der Waals surface area contributed by atoms with Gasteiger partial charge >= 0.3 is 5.91 Å². The number of furan rings is 1. The summed E-state index contributed by atoms with van der Waals surface area (Å²) in [5.41, 5.74) is 3.91. The summed E-state index contributed by atoms with van der Waals surface area (Å²) in [4.78, 5) is 22.8. The van der Waals surface area contributed by atoms with Crippen LogP contribution in [0.5, 0.6) is 11.5 Å². The summed E-state index contributed by atoms with van der Waals surface area (Å²) in [7, 11) is 1.50. The van der Waals surface area contributed by atoms with E-state index >= 15 is 0 Å². The second kappa shape index (κ2) is 10.5. The molecule has 0 unspecified atom stereocenters. The van der Waals surface area contributed by atoms with Gasteiger partial charge < -0.3 is 13.9 Å². The molecule has 0 aliphatic carbocycles. The largest absolute Gasteiger partial charge is 0.493 e. The number of hydrazone groups is 1. The normalized spacial score (nSPS) is 11.1. The number of nitro benzene ring substituents is 1. The highest BCUT2D eigenvalue weighted by atomic mass is 127. The van der Waals surface area contributed by atoms with Crippen LogP contribution in [0.2, 0.25) is 0 Å². The van der Waals surface area contributed by atoms with Crippen molar-refractivity contribution in [2.24, 2.45) is 5.10 Å². The molecule has 0 atom stereocenters. The van der Waals surface area contributed by atoms with Crippen molar-refractivity contribution in [3.05, 3.63) is 97.1 Å². The van der Waals surface area contributed by atoms with Gasteiger partial charge in [0.2, 0.25) is 0 Å². The van der Waals surface area contributed by atoms with E-state index in [4.69, 9.17) is 13.9 Å². The molecule has 178 valence electrons. The van der Waals surface area contributed by atoms with Crippen LogP contribution in [0, 0.1) is 19.5 Å². The zero-order chi connectivity index (χ0) is 24.9. The summed E-state index contributed by atoms with van der Waals surface area (Å²) < 4.78 is 30.8. The number of hydrogen-bond acceptors (Lipinski definition) is 7. The number of carbonyl (C=O) groups excluding carboxylic acids is 1. The fraction of sp³-hybridized carbons (Fsp3) is 0.0833. The second-order valence-electron chi connectivity index (χ2n) is 7.24. The number of rotatable bonds is 8. The molecular weight excluding hydrogens is 572 g/mol. The zero-order valence-corrected chi connectivity index (χ0v) is 20.3. The predicted octanol–water partition coefficient (Wildman–Crippen LogP) is 5.44. The van der Waals surface area contributed by atoms with Gasteiger partial charge in [-0.15, -0.1) is 0 Å². The molecule has 3 aromatic carbocycles. The first kappa shape index (κ1) is 24.1. The molecule has 0 bridgehead atoms. The number of nitrogens with zero attached hydrogens (tertiary/aromatic N) is 2. The predicted molar refractivity (Wildman–Crippen MR) is 134 cm³/mol. The number of carbonyl (C=O) groups is 1. The van der Waals surface area contributed by atoms with Gasteiger partial charge in [-0.1, -0.05) is 12.1 Å². The number of hydrogen-bond donors (Lipinski definition) is 1. The number of halogens is 2. The van der Waals surface area contributed by atoms with Gasteiger partial charge in [0.05, 0.1) is 21.8 Å². The molecule has 1 N–H and O–H groups in total. The molecule has 0 radical (unpaired) electrons. The maximum absolute atomic E-state index is 13.4. The molecule has 0 aliphatic rings. The van der Waals surface area contributed by atoms with Gasteiger partial charge in [0.15, 0.2) is 17.3 Å². The van der Waals surface area contributed by atoms with Crippen molar-refractivity contribution in [1.29, 1.82) is 0 Å². The van der Waals surface area contributed by atoms with E-state index in [-0.39, 0.29) is 23.9 Å². The van der Waals surface area contributed by atoms with Crippen LogP contribution in [0.25, 0.3) is 11.0 Å². The van der Waals surface area contributed by atoms with Gasteiger partial charge in [0.1, 0.15) is 18.0 Å². The highest BCUT2D eigenvalue weighted by Gasteiger charge is 2.15. The summed E-state index contributed by atoms with van der Waals surface area (Å²) in [6.45, 7) is 0.161. The van der Waals surface area contributed by atoms with E-state index in [2.05, 4.69) is 33.1 Å². The highest BCUT2D eigenvalue weighted by molar-refractivity contribution is 14.1. The standard InChI is InChI=1S/C24H17FIN3O6/c1-33-21-9-15(8-19(26)23(21)34-13-14-3-2-4-17(25)7-14)12-27-28-24(30)22-11-16-10-18(29(31)32)5-6-20(16)35-22/h2-12H,13H2,1H3,(H,28,30)/b27-12-. The lowest BCUT2D eigenvalue weighted by molar-refractivity contribution is -0.384. The van der Waals surface area contributed by atoms with E-state index in [9.17, 15) is 19.3 Å². The number of fused-ring (bicyclic) bond motifs is 1. The van der Waals surface area contributed by atoms with Crippen LogP contribution in [0.4, 0.5) is 10.1 Å². The van der Waals surface area contributed by atoms with Crippen molar-refractivity contribution >= 4 is 51.4 Å². The number of nitrogens with one attached hydrogen (secondary N) is 1. The van der Waals surface area contributed by atoms with Crippen molar-refractivity contribution < 1.29 is 28.0 Å². The topological polar surface area (TPSA) is 116 Å². The van der Waals surface area contributed by atoms with E-state index in [1.165, 1.54) is 49.7 Å². The van der Waals surface area contributed by atoms with Crippen molar-refractivity contribution in [2.75, 3.05) is 7.11 Å². The number of nitro groups is 1. The third kappa shape index (κ3) is 5.74. The van der Waals surface area contributed by atoms with E-state index in [0.29, 0.717) is 33.6 Å². The Morgan fingerprint density at radius 2 is 2.06 bits per heavy atom. The fourth-order valence-corrected chi connectivity index (χ4v) is 3.99. The van der Waals surface area contributed by atoms with Crippen molar-refractivity contribution in [3.8, 4) is 11.5 Å². The second-order valence-corrected chi connectivity index (χ2v) is 8.40. The third-order valence-corrected chi connectivity index (χ3v) is 5.64. The minimum Gasteiger partial charge on any atom is -0.493 e. The molecule has 4 aromatic rings. The fourth-order valence-electron chi connectivity index (χ4n) is 3.21. The van der Waals surface area contributed by atoms with E-state index in [0.717, 1.165) is 3.57 Å². The number of benzene rings is 3. The quantitative estimate of drug-likeness (QED) is 0.127. The minimum absolute atomic E-state index is 0.0362. The maximum atomic E-state index is 13.4. The number of non-ortho nitro benzene ring substituents is 1. The molecule has 0 aliphatic heterocycles. The van der Waals surface area contributed by atoms with Gasteiger partial charge in [-0.05, 0) is 70.1 Å². The first-order valence-electron chi connectivity index (χ1n) is 10.1. The average molecular weight is 589 g/mol. The lowest BCUT2D eigenvalue weighted by atomic mass is 10.2. The Hall–Kier alpha value is -4.00. The summed E-state index contributed by atoms with van der Waals surface area (Å²) in [5.74, 6) is -0.0529. The van der Waals surface area contributed by atoms with Crippen LogP contribution < -0.4 is 14.9 Å². The van der Waals surface area contributed by atoms with Gasteiger partial charge in [-0.25, -0.2) is 9.82 Å². The smallest absolute Gasteiger partial charge is 0.307 e. The Morgan fingerprint density at radius 1 is 1.23 bits per heavy atom. The van der Waals surface area contributed by atoms with E-state index in [1.807, 2.05) is 0 Å². The summed E-state index contributed by atoms with van der Waals surface area (Å²) in [5, 5.41) is 15.3. The number of methoxy groups -OCH3 is 1. The Balaban J connectivity index is 1.44. The molecule has 0 fully saturated rings. The monoisotopic (exact) mass is 589 g/mol. The first-order chi connectivity index (χ1) is 16.8. The molecule has 1 heterocycles. The van der Waals surface area contributed by atoms with Crippen LogP contribution >= 0.6 is 22.6 Å². The average Bonchev–Trinajstić information content (AvgIpc) is 3.26. The Kier molecular flexibility index (Phi) is 7.25. The van der Waals surface area contributed by atoms with Gasteiger partial charge in [0.25, 0.3) is 5.69 Å². The summed E-state index contributed by atoms with van der Waals surface area (Å²) in [6, 6.07) is 15.0. The molecule has 9 nitrogen and oxygen atoms in total. The van der Waals surface area contributed by atoms with Gasteiger partial charge in [-0.3, -0.25) is 14.9 Å². The molecule has 1 aromatic heterocycles. The molecule has 0 saturated heterocycles. The molecular formula is C24H17FIN3O6. The SMILES string of the molecule is COc1cc(/C=N\NC(=O)c2cc3cc([N+](=O)[O-])ccc3o2)cc(I)c1OCc1cccc(F)c1. The van der Waals surface area contributed by atoms with Gasteiger partial charge in [0, 0.05) is 17.5 Å². The maximum Gasteiger partial charge on any atom is 0.307 e. The van der Waals surface area contributed by atoms with Crippen LogP contribution in [-0.2, 0) is 6.61 Å². The zero-order valence-electron chi connectivity index (χ0n) is 18.2. The molecule has 4 rings (SSSR count). The van der Waals surface area contributed by atoms with E-state index in [1.54, 1.807) is 24.3 Å². The van der Waals surface area contributed by atoms with E-state index < -0.39 is 10.8 Å². The van der Waals surface area contributed by atoms with Crippen molar-refractivity contribution in [1.82, 2.24) is 5.43 Å². The molecule has 35 heavy (non-hydrogen) atoms. The Labute approximate surface area is 211 Å². The molecule has 0 spiro atoms. The van der Waals surface area contributed by atoms with Crippen LogP contribution in [-0.4, -0.2) is 24.2 Å². The highest BCUT2D eigenvalue weighted by Crippen LogP contribution is 2.34. The van der Waals surface area contributed by atoms with Crippen LogP contribution in [0.3, 0.4) is 0 Å². The van der Waals surface area contributed by atoms with Crippen molar-refractivity contribution in [2.45, 2.75) is 6.61 Å². The van der Waals surface area contributed by atoms with Crippen LogP contribution in [0.15, 0.2) is 70.2 Å². The Bertz CT molecular complexity index is 1450. The summed E-state index contributed by atoms with van der Waals surface area (Å²) >= 11 is 2.08. The lowest BCUT2D eigenvalue weighted by Crippen LogP contribution is -2.16. The molecule has 1 amide bonds.